The number of sulfonamides is 1. The van der Waals surface area contributed by atoms with Gasteiger partial charge in [0.1, 0.15) is 11.5 Å². The average Bonchev–Trinajstić information content (AvgIpc) is 3.21. The second-order valence-electron chi connectivity index (χ2n) is 7.41. The molecule has 1 amide bonds. The van der Waals surface area contributed by atoms with Gasteiger partial charge in [0, 0.05) is 5.69 Å². The number of anilines is 2. The summed E-state index contributed by atoms with van der Waals surface area (Å²) in [6.07, 6.45) is 5.00. The summed E-state index contributed by atoms with van der Waals surface area (Å²) in [7, 11) is -3.54. The zero-order valence-electron chi connectivity index (χ0n) is 16.2. The number of benzene rings is 2. The van der Waals surface area contributed by atoms with E-state index in [4.69, 9.17) is 9.47 Å². The molecule has 1 unspecified atom stereocenters. The third-order valence-electron chi connectivity index (χ3n) is 5.15. The first kappa shape index (κ1) is 19.6. The van der Waals surface area contributed by atoms with E-state index in [2.05, 4.69) is 5.32 Å². The minimum Gasteiger partial charge on any atom is -0.490 e. The van der Waals surface area contributed by atoms with E-state index >= 15 is 0 Å². The number of ether oxygens (including phenoxy) is 2. The van der Waals surface area contributed by atoms with Gasteiger partial charge in [-0.2, -0.15) is 0 Å². The van der Waals surface area contributed by atoms with E-state index in [0.29, 0.717) is 17.1 Å². The number of nitrogens with zero attached hydrogens (tertiary/aromatic N) is 1. The van der Waals surface area contributed by atoms with E-state index in [1.165, 1.54) is 17.1 Å². The first-order valence-corrected chi connectivity index (χ1v) is 11.6. The Bertz CT molecular complexity index is 984. The van der Waals surface area contributed by atoms with E-state index in [1.54, 1.807) is 36.4 Å². The summed E-state index contributed by atoms with van der Waals surface area (Å²) >= 11 is 0. The summed E-state index contributed by atoms with van der Waals surface area (Å²) in [6.45, 7) is -0.0788. The third-order valence-corrected chi connectivity index (χ3v) is 6.30. The molecule has 2 aromatic rings. The zero-order chi connectivity index (χ0) is 20.4. The van der Waals surface area contributed by atoms with Crippen LogP contribution in [0.4, 0.5) is 11.4 Å². The van der Waals surface area contributed by atoms with Crippen LogP contribution in [0.15, 0.2) is 48.5 Å². The molecule has 2 aliphatic rings. The average molecular weight is 416 g/mol. The SMILES string of the molecule is CS(=O)(=O)N1CC(C(=O)Nc2ccc(OC3CCCC3)cc2)Oc2ccccc21. The number of carbonyl (C=O) groups excluding carboxylic acids is 1. The third kappa shape index (κ3) is 4.48. The summed E-state index contributed by atoms with van der Waals surface area (Å²) in [5.74, 6) is 0.739. The first-order chi connectivity index (χ1) is 13.9. The molecule has 4 rings (SSSR count). The number of nitrogens with one attached hydrogen (secondary N) is 1. The van der Waals surface area contributed by atoms with Crippen LogP contribution in [0, 0.1) is 0 Å². The van der Waals surface area contributed by atoms with Crippen molar-refractivity contribution in [3.05, 3.63) is 48.5 Å². The fourth-order valence-corrected chi connectivity index (χ4v) is 4.61. The van der Waals surface area contributed by atoms with Crippen molar-refractivity contribution in [3.63, 3.8) is 0 Å². The Hall–Kier alpha value is -2.74. The van der Waals surface area contributed by atoms with Crippen molar-refractivity contribution in [1.82, 2.24) is 0 Å². The maximum atomic E-state index is 12.7. The molecule has 1 aliphatic heterocycles. The predicted molar refractivity (Wildman–Crippen MR) is 111 cm³/mol. The molecule has 29 heavy (non-hydrogen) atoms. The molecule has 0 spiro atoms. The Morgan fingerprint density at radius 1 is 1.10 bits per heavy atom. The largest absolute Gasteiger partial charge is 0.490 e. The Morgan fingerprint density at radius 2 is 1.79 bits per heavy atom. The van der Waals surface area contributed by atoms with Gasteiger partial charge in [-0.25, -0.2) is 8.42 Å². The lowest BCUT2D eigenvalue weighted by atomic mass is 10.2. The van der Waals surface area contributed by atoms with Gasteiger partial charge in [-0.1, -0.05) is 12.1 Å². The van der Waals surface area contributed by atoms with E-state index in [0.717, 1.165) is 24.8 Å². The summed E-state index contributed by atoms with van der Waals surface area (Å²) < 4.78 is 37.3. The molecule has 154 valence electrons. The van der Waals surface area contributed by atoms with Crippen LogP contribution in [0.2, 0.25) is 0 Å². The molecule has 7 nitrogen and oxygen atoms in total. The quantitative estimate of drug-likeness (QED) is 0.809. The van der Waals surface area contributed by atoms with Crippen molar-refractivity contribution in [2.45, 2.75) is 37.9 Å². The van der Waals surface area contributed by atoms with Crippen LogP contribution in [0.5, 0.6) is 11.5 Å². The summed E-state index contributed by atoms with van der Waals surface area (Å²) in [4.78, 5) is 12.7. The molecule has 1 N–H and O–H groups in total. The highest BCUT2D eigenvalue weighted by Crippen LogP contribution is 2.35. The number of rotatable bonds is 5. The van der Waals surface area contributed by atoms with Crippen LogP contribution in [-0.4, -0.2) is 39.3 Å². The summed E-state index contributed by atoms with van der Waals surface area (Å²) in [6, 6.07) is 14.0. The van der Waals surface area contributed by atoms with E-state index in [1.807, 2.05) is 12.1 Å². The maximum absolute atomic E-state index is 12.7. The number of para-hydroxylation sites is 2. The van der Waals surface area contributed by atoms with E-state index in [9.17, 15) is 13.2 Å². The second kappa shape index (κ2) is 7.94. The number of hydrogen-bond donors (Lipinski definition) is 1. The standard InChI is InChI=1S/C21H24N2O5S/c1-29(25,26)23-14-20(28-19-9-5-4-8-18(19)23)21(24)22-15-10-12-17(13-11-15)27-16-6-2-3-7-16/h4-5,8-13,16,20H,2-3,6-7,14H2,1H3,(H,22,24). The highest BCUT2D eigenvalue weighted by Gasteiger charge is 2.34. The molecule has 0 saturated heterocycles. The van der Waals surface area contributed by atoms with Gasteiger partial charge in [0.05, 0.1) is 24.6 Å². The molecule has 1 atom stereocenters. The Morgan fingerprint density at radius 3 is 2.48 bits per heavy atom. The molecular weight excluding hydrogens is 392 g/mol. The van der Waals surface area contributed by atoms with Crippen molar-refractivity contribution in [2.24, 2.45) is 0 Å². The lowest BCUT2D eigenvalue weighted by molar-refractivity contribution is -0.122. The topological polar surface area (TPSA) is 84.9 Å². The lowest BCUT2D eigenvalue weighted by Gasteiger charge is -2.33. The van der Waals surface area contributed by atoms with Crippen LogP contribution in [0.25, 0.3) is 0 Å². The van der Waals surface area contributed by atoms with Gasteiger partial charge in [-0.15, -0.1) is 0 Å². The van der Waals surface area contributed by atoms with Gasteiger partial charge in [-0.3, -0.25) is 9.10 Å². The van der Waals surface area contributed by atoms with Crippen LogP contribution in [-0.2, 0) is 14.8 Å². The van der Waals surface area contributed by atoms with Crippen molar-refractivity contribution >= 4 is 27.3 Å². The summed E-state index contributed by atoms with van der Waals surface area (Å²) in [5, 5.41) is 2.79. The van der Waals surface area contributed by atoms with Crippen molar-refractivity contribution in [3.8, 4) is 11.5 Å². The van der Waals surface area contributed by atoms with Crippen LogP contribution >= 0.6 is 0 Å². The van der Waals surface area contributed by atoms with Crippen LogP contribution in [0.3, 0.4) is 0 Å². The van der Waals surface area contributed by atoms with Crippen molar-refractivity contribution < 1.29 is 22.7 Å². The molecule has 1 heterocycles. The Kier molecular flexibility index (Phi) is 5.36. The molecule has 1 fully saturated rings. The molecular formula is C21H24N2O5S. The minimum absolute atomic E-state index is 0.0788. The number of fused-ring (bicyclic) bond motifs is 1. The van der Waals surface area contributed by atoms with E-state index < -0.39 is 22.0 Å². The van der Waals surface area contributed by atoms with E-state index in [-0.39, 0.29) is 12.6 Å². The fraction of sp³-hybridized carbons (Fsp3) is 0.381. The van der Waals surface area contributed by atoms with Crippen molar-refractivity contribution in [2.75, 3.05) is 22.4 Å². The van der Waals surface area contributed by atoms with Crippen LogP contribution in [0.1, 0.15) is 25.7 Å². The van der Waals surface area contributed by atoms with Gasteiger partial charge in [0.15, 0.2) is 6.10 Å². The zero-order valence-corrected chi connectivity index (χ0v) is 17.0. The second-order valence-corrected chi connectivity index (χ2v) is 9.31. The highest BCUT2D eigenvalue weighted by molar-refractivity contribution is 7.92. The molecule has 0 aromatic heterocycles. The monoisotopic (exact) mass is 416 g/mol. The van der Waals surface area contributed by atoms with Gasteiger partial charge in [0.2, 0.25) is 10.0 Å². The van der Waals surface area contributed by atoms with Gasteiger partial charge < -0.3 is 14.8 Å². The predicted octanol–water partition coefficient (Wildman–Crippen LogP) is 3.17. The summed E-state index contributed by atoms with van der Waals surface area (Å²) in [5.41, 5.74) is 1.04. The maximum Gasteiger partial charge on any atom is 0.267 e. The van der Waals surface area contributed by atoms with Crippen molar-refractivity contribution in [1.29, 1.82) is 0 Å². The molecule has 0 bridgehead atoms. The molecule has 8 heteroatoms. The van der Waals surface area contributed by atoms with Crippen LogP contribution < -0.4 is 19.1 Å². The first-order valence-electron chi connectivity index (χ1n) is 9.71. The van der Waals surface area contributed by atoms with Gasteiger partial charge >= 0.3 is 0 Å². The number of hydrogen-bond acceptors (Lipinski definition) is 5. The molecule has 1 saturated carbocycles. The van der Waals surface area contributed by atoms with Gasteiger partial charge in [0.25, 0.3) is 5.91 Å². The van der Waals surface area contributed by atoms with Gasteiger partial charge in [-0.05, 0) is 62.1 Å². The number of amides is 1. The lowest BCUT2D eigenvalue weighted by Crippen LogP contribution is -2.48. The molecule has 0 radical (unpaired) electrons. The Balaban J connectivity index is 1.44. The Labute approximate surface area is 170 Å². The molecule has 1 aliphatic carbocycles. The highest BCUT2D eigenvalue weighted by atomic mass is 32.2. The number of carbonyl (C=O) groups is 1. The normalized spacial score (nSPS) is 19.3. The fourth-order valence-electron chi connectivity index (χ4n) is 3.69. The smallest absolute Gasteiger partial charge is 0.267 e. The molecule has 2 aromatic carbocycles. The minimum atomic E-state index is -3.54.